The first-order valence-electron chi connectivity index (χ1n) is 9.36. The van der Waals surface area contributed by atoms with Crippen molar-refractivity contribution in [3.8, 4) is 29.2 Å². The highest BCUT2D eigenvalue weighted by molar-refractivity contribution is 5.83. The fourth-order valence-electron chi connectivity index (χ4n) is 3.04. The van der Waals surface area contributed by atoms with Gasteiger partial charge in [0.25, 0.3) is 0 Å². The zero-order valence-corrected chi connectivity index (χ0v) is 16.7. The number of benzene rings is 2. The smallest absolute Gasteiger partial charge is 0.412 e. The van der Waals surface area contributed by atoms with Crippen LogP contribution in [-0.4, -0.2) is 24.8 Å². The number of amides is 1. The Morgan fingerprint density at radius 2 is 2.07 bits per heavy atom. The molecule has 0 saturated heterocycles. The van der Waals surface area contributed by atoms with Gasteiger partial charge >= 0.3 is 6.09 Å². The number of pyridine rings is 1. The van der Waals surface area contributed by atoms with Gasteiger partial charge < -0.3 is 9.47 Å². The summed E-state index contributed by atoms with van der Waals surface area (Å²) < 4.78 is 25.6. The number of carbonyl (C=O) groups is 1. The summed E-state index contributed by atoms with van der Waals surface area (Å²) in [4.78, 5) is 15.6. The Morgan fingerprint density at radius 1 is 1.23 bits per heavy atom. The summed E-state index contributed by atoms with van der Waals surface area (Å²) in [6.07, 6.45) is 6.82. The lowest BCUT2D eigenvalue weighted by molar-refractivity contribution is 0.168. The number of nitrogens with zero attached hydrogens (tertiary/aromatic N) is 1. The number of ether oxygens (including phenoxy) is 2. The van der Waals surface area contributed by atoms with Gasteiger partial charge in [0.2, 0.25) is 0 Å². The van der Waals surface area contributed by atoms with E-state index in [2.05, 4.69) is 16.2 Å². The van der Waals surface area contributed by atoms with Crippen LogP contribution in [0.15, 0.2) is 54.7 Å². The van der Waals surface area contributed by atoms with Crippen LogP contribution >= 0.6 is 0 Å². The first-order valence-corrected chi connectivity index (χ1v) is 9.36. The third-order valence-electron chi connectivity index (χ3n) is 4.45. The van der Waals surface area contributed by atoms with Crippen molar-refractivity contribution in [2.24, 2.45) is 0 Å². The van der Waals surface area contributed by atoms with Gasteiger partial charge in [-0.2, -0.15) is 0 Å². The number of methoxy groups -OCH3 is 1. The molecule has 2 aromatic carbocycles. The maximum Gasteiger partial charge on any atom is 0.412 e. The van der Waals surface area contributed by atoms with Crippen LogP contribution in [0.5, 0.6) is 5.75 Å². The third-order valence-corrected chi connectivity index (χ3v) is 4.45. The van der Waals surface area contributed by atoms with Gasteiger partial charge in [0.05, 0.1) is 19.3 Å². The summed E-state index contributed by atoms with van der Waals surface area (Å²) >= 11 is 0. The maximum absolute atomic E-state index is 15.4. The van der Waals surface area contributed by atoms with Crippen LogP contribution in [0, 0.1) is 18.2 Å². The summed E-state index contributed by atoms with van der Waals surface area (Å²) in [7, 11) is 1.50. The van der Waals surface area contributed by atoms with Gasteiger partial charge in [0.15, 0.2) is 0 Å². The second-order valence-corrected chi connectivity index (χ2v) is 6.42. The first-order chi connectivity index (χ1) is 14.5. The SMILES string of the molecule is C#Cc1cccc(-c2c(OC)ccc(Cc3ccc(NC(=O)OCC)nc3)c2F)c1. The van der Waals surface area contributed by atoms with Crippen LogP contribution in [0.25, 0.3) is 11.1 Å². The molecule has 30 heavy (non-hydrogen) atoms. The average Bonchev–Trinajstić information content (AvgIpc) is 2.76. The molecule has 0 radical (unpaired) electrons. The highest BCUT2D eigenvalue weighted by Crippen LogP contribution is 2.35. The molecule has 3 rings (SSSR count). The zero-order valence-electron chi connectivity index (χ0n) is 16.7. The fourth-order valence-corrected chi connectivity index (χ4v) is 3.04. The van der Waals surface area contributed by atoms with Gasteiger partial charge in [-0.3, -0.25) is 5.32 Å². The number of anilines is 1. The second-order valence-electron chi connectivity index (χ2n) is 6.42. The Hall–Kier alpha value is -3.85. The minimum absolute atomic E-state index is 0.271. The maximum atomic E-state index is 15.4. The topological polar surface area (TPSA) is 60.5 Å². The number of nitrogens with one attached hydrogen (secondary N) is 1. The van der Waals surface area contributed by atoms with Crippen LogP contribution in [-0.2, 0) is 11.2 Å². The standard InChI is InChI=1S/C24H21FN2O3/c1-4-16-7-6-8-18(13-16)22-20(29-3)11-10-19(23(22)25)14-17-9-12-21(26-15-17)27-24(28)30-5-2/h1,6-13,15H,5,14H2,2-3H3,(H,26,27,28). The molecule has 0 aliphatic heterocycles. The number of hydrogen-bond donors (Lipinski definition) is 1. The van der Waals surface area contributed by atoms with Crippen molar-refractivity contribution in [1.29, 1.82) is 0 Å². The Labute approximate surface area is 174 Å². The van der Waals surface area contributed by atoms with Crippen molar-refractivity contribution in [1.82, 2.24) is 4.98 Å². The van der Waals surface area contributed by atoms with Crippen LogP contribution < -0.4 is 10.1 Å². The number of halogens is 1. The number of hydrogen-bond acceptors (Lipinski definition) is 4. The van der Waals surface area contributed by atoms with Crippen molar-refractivity contribution in [3.63, 3.8) is 0 Å². The molecule has 5 nitrogen and oxygen atoms in total. The molecule has 0 bridgehead atoms. The average molecular weight is 404 g/mol. The molecule has 0 spiro atoms. The Bertz CT molecular complexity index is 1090. The largest absolute Gasteiger partial charge is 0.496 e. The number of aromatic nitrogens is 1. The Kier molecular flexibility index (Phi) is 6.66. The molecule has 1 amide bonds. The molecular weight excluding hydrogens is 383 g/mol. The summed E-state index contributed by atoms with van der Waals surface area (Å²) in [5, 5.41) is 2.52. The minimum atomic E-state index is -0.571. The molecule has 0 aliphatic carbocycles. The van der Waals surface area contributed by atoms with Gasteiger partial charge in [-0.05, 0) is 47.9 Å². The molecule has 1 aromatic heterocycles. The first kappa shape index (κ1) is 20.9. The highest BCUT2D eigenvalue weighted by atomic mass is 19.1. The zero-order chi connectivity index (χ0) is 21.5. The molecule has 152 valence electrons. The quantitative estimate of drug-likeness (QED) is 0.585. The molecule has 3 aromatic rings. The molecule has 1 heterocycles. The summed E-state index contributed by atoms with van der Waals surface area (Å²) in [6.45, 7) is 1.99. The predicted molar refractivity (Wildman–Crippen MR) is 114 cm³/mol. The summed E-state index contributed by atoms with van der Waals surface area (Å²) in [5.41, 5.74) is 2.95. The summed E-state index contributed by atoms with van der Waals surface area (Å²) in [6, 6.07) is 14.0. The summed E-state index contributed by atoms with van der Waals surface area (Å²) in [5.74, 6) is 2.98. The highest BCUT2D eigenvalue weighted by Gasteiger charge is 2.17. The third kappa shape index (κ3) is 4.76. The molecular formula is C24H21FN2O3. The van der Waals surface area contributed by atoms with Gasteiger partial charge in [0.1, 0.15) is 17.4 Å². The molecule has 0 aliphatic rings. The lowest BCUT2D eigenvalue weighted by Crippen LogP contribution is -2.14. The number of rotatable bonds is 6. The minimum Gasteiger partial charge on any atom is -0.496 e. The van der Waals surface area contributed by atoms with E-state index in [-0.39, 0.29) is 12.4 Å². The van der Waals surface area contributed by atoms with Crippen molar-refractivity contribution < 1.29 is 18.7 Å². The van der Waals surface area contributed by atoms with Gasteiger partial charge in [-0.15, -0.1) is 6.42 Å². The van der Waals surface area contributed by atoms with Crippen LogP contribution in [0.3, 0.4) is 0 Å². The molecule has 1 N–H and O–H groups in total. The number of carbonyl (C=O) groups excluding carboxylic acids is 1. The van der Waals surface area contributed by atoms with E-state index in [4.69, 9.17) is 15.9 Å². The second kappa shape index (κ2) is 9.57. The van der Waals surface area contributed by atoms with Crippen LogP contribution in [0.1, 0.15) is 23.6 Å². The van der Waals surface area contributed by atoms with Crippen molar-refractivity contribution in [2.45, 2.75) is 13.3 Å². The van der Waals surface area contributed by atoms with E-state index in [9.17, 15) is 4.79 Å². The lowest BCUT2D eigenvalue weighted by Gasteiger charge is -2.14. The van der Waals surface area contributed by atoms with E-state index in [1.54, 1.807) is 61.7 Å². The van der Waals surface area contributed by atoms with E-state index in [1.165, 1.54) is 7.11 Å². The fraction of sp³-hybridized carbons (Fsp3) is 0.167. The van der Waals surface area contributed by atoms with Gasteiger partial charge in [-0.25, -0.2) is 14.2 Å². The lowest BCUT2D eigenvalue weighted by atomic mass is 9.96. The van der Waals surface area contributed by atoms with E-state index >= 15 is 4.39 Å². The van der Waals surface area contributed by atoms with E-state index < -0.39 is 6.09 Å². The monoisotopic (exact) mass is 404 g/mol. The van der Waals surface area contributed by atoms with E-state index in [0.717, 1.165) is 5.56 Å². The Morgan fingerprint density at radius 3 is 2.73 bits per heavy atom. The predicted octanol–water partition coefficient (Wildman–Crippen LogP) is 5.04. The van der Waals surface area contributed by atoms with Crippen molar-refractivity contribution >= 4 is 11.9 Å². The molecule has 0 unspecified atom stereocenters. The van der Waals surface area contributed by atoms with Crippen molar-refractivity contribution in [2.75, 3.05) is 19.0 Å². The van der Waals surface area contributed by atoms with Gasteiger partial charge in [0, 0.05) is 18.2 Å². The molecule has 6 heteroatoms. The normalized spacial score (nSPS) is 10.2. The molecule has 0 fully saturated rings. The van der Waals surface area contributed by atoms with Crippen LogP contribution in [0.4, 0.5) is 15.0 Å². The van der Waals surface area contributed by atoms with Crippen LogP contribution in [0.2, 0.25) is 0 Å². The molecule has 0 atom stereocenters. The van der Waals surface area contributed by atoms with E-state index in [1.807, 2.05) is 0 Å². The Balaban J connectivity index is 1.88. The van der Waals surface area contributed by atoms with Gasteiger partial charge in [-0.1, -0.05) is 30.2 Å². The molecule has 0 saturated carbocycles. The van der Waals surface area contributed by atoms with Crippen molar-refractivity contribution in [3.05, 3.63) is 77.2 Å². The van der Waals surface area contributed by atoms with E-state index in [0.29, 0.717) is 40.2 Å². The number of terminal acetylenes is 1.